The van der Waals surface area contributed by atoms with Crippen molar-refractivity contribution in [2.24, 2.45) is 0 Å². The van der Waals surface area contributed by atoms with E-state index in [1.165, 1.54) is 0 Å². The lowest BCUT2D eigenvalue weighted by atomic mass is 13.8. The van der Waals surface area contributed by atoms with Crippen LogP contribution >= 0.6 is 0 Å². The molecule has 0 amide bonds. The number of hydrogen-bond donors (Lipinski definition) is 0. The molecule has 0 fully saturated rings. The Bertz CT molecular complexity index is 404. The fourth-order valence-electron chi connectivity index (χ4n) is 0.324. The average Bonchev–Trinajstić information content (AvgIpc) is 1.44. The second-order valence-electron chi connectivity index (χ2n) is 1.48. The standard InChI is InChI=1S/F2HNO7S3/c1-11(4,5)3(12(2,6)7)13(8,9)10/h(H,8,9,10)/p-1. The van der Waals surface area contributed by atoms with Gasteiger partial charge in [-0.1, -0.05) is 7.77 Å². The summed E-state index contributed by atoms with van der Waals surface area (Å²) in [6, 6.07) is 0. The van der Waals surface area contributed by atoms with Crippen LogP contribution in [0.3, 0.4) is 0 Å². The molecule has 0 saturated carbocycles. The first-order valence-corrected chi connectivity index (χ1v) is 6.07. The molecule has 0 bridgehead atoms. The Morgan fingerprint density at radius 3 is 1.08 bits per heavy atom. The van der Waals surface area contributed by atoms with Gasteiger partial charge in [0, 0.05) is 0 Å². The van der Waals surface area contributed by atoms with Crippen molar-refractivity contribution in [3.63, 3.8) is 0 Å². The summed E-state index contributed by atoms with van der Waals surface area (Å²) in [5, 5.41) is 0. The summed E-state index contributed by atoms with van der Waals surface area (Å²) < 4.78 is 89.1. The van der Waals surface area contributed by atoms with E-state index in [9.17, 15) is 37.6 Å². The average molecular weight is 260 g/mol. The highest BCUT2D eigenvalue weighted by Gasteiger charge is 2.40. The van der Waals surface area contributed by atoms with Crippen molar-refractivity contribution in [2.45, 2.75) is 0 Å². The highest BCUT2D eigenvalue weighted by Crippen LogP contribution is 2.15. The molecule has 0 spiro atoms. The van der Waals surface area contributed by atoms with Gasteiger partial charge in [-0.05, 0) is 0 Å². The Morgan fingerprint density at radius 2 is 1.08 bits per heavy atom. The molecular weight excluding hydrogens is 260 g/mol. The van der Waals surface area contributed by atoms with Crippen molar-refractivity contribution < 1.29 is 37.6 Å². The van der Waals surface area contributed by atoms with Crippen LogP contribution in [0.25, 0.3) is 0 Å². The molecule has 0 N–H and O–H groups in total. The second kappa shape index (κ2) is 3.09. The molecule has 8 nitrogen and oxygen atoms in total. The summed E-state index contributed by atoms with van der Waals surface area (Å²) in [6.07, 6.45) is 0. The molecule has 0 aliphatic heterocycles. The van der Waals surface area contributed by atoms with E-state index in [0.717, 1.165) is 0 Å². The molecule has 0 rings (SSSR count). The van der Waals surface area contributed by atoms with Gasteiger partial charge in [0.1, 0.15) is 0 Å². The molecule has 80 valence electrons. The van der Waals surface area contributed by atoms with E-state index in [4.69, 9.17) is 0 Å². The van der Waals surface area contributed by atoms with Crippen LogP contribution in [0.15, 0.2) is 0 Å². The van der Waals surface area contributed by atoms with Crippen LogP contribution in [0.5, 0.6) is 0 Å². The van der Waals surface area contributed by atoms with E-state index in [-0.39, 0.29) is 0 Å². The first-order valence-electron chi connectivity index (χ1n) is 2.02. The van der Waals surface area contributed by atoms with E-state index in [2.05, 4.69) is 0 Å². The third kappa shape index (κ3) is 3.47. The van der Waals surface area contributed by atoms with Gasteiger partial charge in [-0.15, -0.1) is 0 Å². The molecule has 0 aliphatic carbocycles. The van der Waals surface area contributed by atoms with Crippen LogP contribution in [0.2, 0.25) is 0 Å². The Morgan fingerprint density at radius 1 is 0.846 bits per heavy atom. The summed E-state index contributed by atoms with van der Waals surface area (Å²) in [5.41, 5.74) is 0. The van der Waals surface area contributed by atoms with Crippen molar-refractivity contribution in [3.8, 4) is 0 Å². The maximum absolute atomic E-state index is 11.7. The Hall–Kier alpha value is -0.370. The van der Waals surface area contributed by atoms with Gasteiger partial charge in [-0.3, -0.25) is 0 Å². The van der Waals surface area contributed by atoms with E-state index in [1.807, 2.05) is 0 Å². The summed E-state index contributed by atoms with van der Waals surface area (Å²) in [5.74, 6) is 0. The maximum atomic E-state index is 11.7. The number of halogens is 2. The molecule has 0 atom stereocenters. The van der Waals surface area contributed by atoms with Gasteiger partial charge in [-0.25, -0.2) is 8.42 Å². The van der Waals surface area contributed by atoms with E-state index >= 15 is 0 Å². The molecule has 0 saturated heterocycles. The largest absolute Gasteiger partial charge is 0.734 e. The molecule has 0 aromatic carbocycles. The monoisotopic (exact) mass is 260 g/mol. The molecule has 0 aliphatic rings. The molecule has 13 heavy (non-hydrogen) atoms. The molecule has 0 radical (unpaired) electrons. The Kier molecular flexibility index (Phi) is 3.00. The van der Waals surface area contributed by atoms with E-state index in [0.29, 0.717) is 0 Å². The van der Waals surface area contributed by atoms with Gasteiger partial charge in [0.05, 0.1) is 3.12 Å². The van der Waals surface area contributed by atoms with Gasteiger partial charge in [0.2, 0.25) is 0 Å². The second-order valence-corrected chi connectivity index (χ2v) is 5.77. The molecule has 0 heterocycles. The predicted octanol–water partition coefficient (Wildman–Crippen LogP) is -1.82. The lowest BCUT2D eigenvalue weighted by molar-refractivity contribution is 0.420. The lowest BCUT2D eigenvalue weighted by Gasteiger charge is -2.14. The van der Waals surface area contributed by atoms with Gasteiger partial charge >= 0.3 is 20.8 Å². The quantitative estimate of drug-likeness (QED) is 0.431. The van der Waals surface area contributed by atoms with Crippen LogP contribution in [0.1, 0.15) is 0 Å². The summed E-state index contributed by atoms with van der Waals surface area (Å²) in [6.45, 7) is 0. The zero-order valence-corrected chi connectivity index (χ0v) is 7.74. The fraction of sp³-hybridized carbons (Fsp3) is 0. The van der Waals surface area contributed by atoms with Crippen molar-refractivity contribution in [3.05, 3.63) is 0 Å². The summed E-state index contributed by atoms with van der Waals surface area (Å²) >= 11 is 0. The Labute approximate surface area is 72.3 Å². The van der Waals surface area contributed by atoms with Gasteiger partial charge < -0.3 is 4.55 Å². The van der Waals surface area contributed by atoms with Crippen molar-refractivity contribution >= 4 is 31.1 Å². The molecule has 13 heteroatoms. The molecule has 0 aromatic rings. The third-order valence-electron chi connectivity index (χ3n) is 0.539. The minimum atomic E-state index is -6.51. The van der Waals surface area contributed by atoms with Crippen LogP contribution < -0.4 is 0 Å². The van der Waals surface area contributed by atoms with Crippen molar-refractivity contribution in [2.75, 3.05) is 0 Å². The maximum Gasteiger partial charge on any atom is 0.403 e. The normalized spacial score (nSPS) is 14.8. The molecule has 0 aromatic heterocycles. The molecule has 0 unspecified atom stereocenters. The Balaban J connectivity index is 5.87. The smallest absolute Gasteiger partial charge is 0.403 e. The van der Waals surface area contributed by atoms with Gasteiger partial charge in [-0.2, -0.15) is 16.8 Å². The van der Waals surface area contributed by atoms with Gasteiger partial charge in [0.25, 0.3) is 0 Å². The van der Waals surface area contributed by atoms with Crippen molar-refractivity contribution in [1.29, 1.82) is 0 Å². The molecular formula is F2NO7S3-. The highest BCUT2D eigenvalue weighted by atomic mass is 32.4. The number of hydrogen-bond acceptors (Lipinski definition) is 7. The first kappa shape index (κ1) is 12.6. The fourth-order valence-corrected chi connectivity index (χ4v) is 2.92. The number of rotatable bonds is 3. The number of nitrogens with zero attached hydrogens (tertiary/aromatic N) is 1. The highest BCUT2D eigenvalue weighted by molar-refractivity contribution is 8.12. The topological polar surface area (TPSA) is 129 Å². The third-order valence-corrected chi connectivity index (χ3v) is 4.85. The lowest BCUT2D eigenvalue weighted by Crippen LogP contribution is -2.36. The summed E-state index contributed by atoms with van der Waals surface area (Å²) in [7, 11) is -19.3. The summed E-state index contributed by atoms with van der Waals surface area (Å²) in [4.78, 5) is 0. The minimum Gasteiger partial charge on any atom is -0.734 e. The van der Waals surface area contributed by atoms with Crippen LogP contribution in [0, 0.1) is 0 Å². The zero-order chi connectivity index (χ0) is 11.1. The first-order chi connectivity index (χ1) is 5.37. The van der Waals surface area contributed by atoms with Crippen LogP contribution in [-0.4, -0.2) is 32.9 Å². The van der Waals surface area contributed by atoms with E-state index in [1.54, 1.807) is 0 Å². The zero-order valence-electron chi connectivity index (χ0n) is 5.29. The van der Waals surface area contributed by atoms with Crippen molar-refractivity contribution in [1.82, 2.24) is 3.12 Å². The minimum absolute atomic E-state index is 2.41. The van der Waals surface area contributed by atoms with Gasteiger partial charge in [0.15, 0.2) is 10.3 Å². The van der Waals surface area contributed by atoms with Crippen LogP contribution in [0.4, 0.5) is 7.77 Å². The van der Waals surface area contributed by atoms with E-state index < -0.39 is 34.2 Å². The van der Waals surface area contributed by atoms with Crippen LogP contribution in [-0.2, 0) is 31.1 Å². The SMILES string of the molecule is O=S(=O)([O-])N(S(=O)(=O)F)S(=O)(=O)F. The predicted molar refractivity (Wildman–Crippen MR) is 31.6 cm³/mol.